The Balaban J connectivity index is 1.50. The van der Waals surface area contributed by atoms with Crippen molar-refractivity contribution in [1.29, 1.82) is 0 Å². The minimum Gasteiger partial charge on any atom is -0.361 e. The summed E-state index contributed by atoms with van der Waals surface area (Å²) in [6.07, 6.45) is 2.96. The number of carbonyl (C=O) groups excluding carboxylic acids is 1. The Bertz CT molecular complexity index is 1200. The third-order valence-electron chi connectivity index (χ3n) is 5.39. The number of halogens is 3. The van der Waals surface area contributed by atoms with Crippen molar-refractivity contribution in [2.24, 2.45) is 0 Å². The van der Waals surface area contributed by atoms with Gasteiger partial charge in [0.1, 0.15) is 0 Å². The monoisotopic (exact) mass is 470 g/mol. The summed E-state index contributed by atoms with van der Waals surface area (Å²) in [5, 5.41) is 6.02. The molecule has 3 aromatic carbocycles. The predicted molar refractivity (Wildman–Crippen MR) is 129 cm³/mol. The van der Waals surface area contributed by atoms with E-state index in [1.807, 2.05) is 54.7 Å². The minimum atomic E-state index is -0.0902. The molecule has 0 bridgehead atoms. The van der Waals surface area contributed by atoms with Gasteiger partial charge in [0.2, 0.25) is 5.91 Å². The second kappa shape index (κ2) is 9.78. The number of aromatic amines is 1. The van der Waals surface area contributed by atoms with Gasteiger partial charge in [-0.2, -0.15) is 0 Å². The lowest BCUT2D eigenvalue weighted by atomic mass is 9.88. The summed E-state index contributed by atoms with van der Waals surface area (Å²) in [5.41, 5.74) is 4.14. The first kappa shape index (κ1) is 21.8. The number of hydrogen-bond donors (Lipinski definition) is 2. The Hall–Kier alpha value is -2.46. The molecule has 31 heavy (non-hydrogen) atoms. The Kier molecular flexibility index (Phi) is 6.86. The van der Waals surface area contributed by atoms with Crippen molar-refractivity contribution in [3.8, 4) is 0 Å². The van der Waals surface area contributed by atoms with Crippen LogP contribution in [-0.2, 0) is 11.2 Å². The summed E-state index contributed by atoms with van der Waals surface area (Å²) in [6.45, 7) is 0.501. The predicted octanol–water partition coefficient (Wildman–Crippen LogP) is 7.01. The summed E-state index contributed by atoms with van der Waals surface area (Å²) < 4.78 is 0. The molecule has 6 heteroatoms. The molecule has 4 aromatic rings. The van der Waals surface area contributed by atoms with Gasteiger partial charge in [0.05, 0.1) is 0 Å². The average Bonchev–Trinajstić information content (AvgIpc) is 3.18. The van der Waals surface area contributed by atoms with E-state index < -0.39 is 0 Å². The third-order valence-corrected chi connectivity index (χ3v) is 6.23. The van der Waals surface area contributed by atoms with E-state index >= 15 is 0 Å². The maximum Gasteiger partial charge on any atom is 0.220 e. The number of para-hydroxylation sites is 1. The molecule has 0 saturated carbocycles. The lowest BCUT2D eigenvalue weighted by molar-refractivity contribution is -0.121. The summed E-state index contributed by atoms with van der Waals surface area (Å²) in [4.78, 5) is 16.2. The second-order valence-corrected chi connectivity index (χ2v) is 8.71. The van der Waals surface area contributed by atoms with Crippen LogP contribution in [0.3, 0.4) is 0 Å². The lowest BCUT2D eigenvalue weighted by Gasteiger charge is -2.17. The minimum absolute atomic E-state index is 0.0182. The van der Waals surface area contributed by atoms with Crippen LogP contribution in [0.15, 0.2) is 72.9 Å². The molecule has 1 atom stereocenters. The molecule has 1 amide bonds. The Labute approximate surface area is 196 Å². The SMILES string of the molecule is O=C(C[C@@H](c1ccc(Cl)cc1)c1c[nH]c2ccccc12)NCCc1ccc(Cl)cc1Cl. The molecule has 1 heterocycles. The molecule has 3 nitrogen and oxygen atoms in total. The van der Waals surface area contributed by atoms with Gasteiger partial charge in [-0.3, -0.25) is 4.79 Å². The first-order valence-corrected chi connectivity index (χ1v) is 11.2. The van der Waals surface area contributed by atoms with E-state index in [2.05, 4.69) is 16.4 Å². The number of fused-ring (bicyclic) bond motifs is 1. The fourth-order valence-corrected chi connectivity index (χ4v) is 4.43. The van der Waals surface area contributed by atoms with Crippen molar-refractivity contribution in [2.45, 2.75) is 18.8 Å². The van der Waals surface area contributed by atoms with Gasteiger partial charge in [0, 0.05) is 51.1 Å². The molecule has 0 aliphatic carbocycles. The van der Waals surface area contributed by atoms with Gasteiger partial charge >= 0.3 is 0 Å². The molecule has 0 saturated heterocycles. The van der Waals surface area contributed by atoms with E-state index in [9.17, 15) is 4.79 Å². The highest BCUT2D eigenvalue weighted by Crippen LogP contribution is 2.34. The molecule has 0 spiro atoms. The summed E-state index contributed by atoms with van der Waals surface area (Å²) >= 11 is 18.3. The van der Waals surface area contributed by atoms with Gasteiger partial charge in [-0.1, -0.05) is 71.2 Å². The highest BCUT2D eigenvalue weighted by molar-refractivity contribution is 6.35. The van der Waals surface area contributed by atoms with E-state index in [-0.39, 0.29) is 11.8 Å². The van der Waals surface area contributed by atoms with Gasteiger partial charge in [0.15, 0.2) is 0 Å². The molecule has 1 aromatic heterocycles. The first-order valence-electron chi connectivity index (χ1n) is 10.0. The molecule has 0 radical (unpaired) electrons. The molecule has 0 aliphatic heterocycles. The van der Waals surface area contributed by atoms with Crippen molar-refractivity contribution < 1.29 is 4.79 Å². The average molecular weight is 472 g/mol. The van der Waals surface area contributed by atoms with Crippen LogP contribution in [0.4, 0.5) is 0 Å². The fourth-order valence-electron chi connectivity index (χ4n) is 3.80. The highest BCUT2D eigenvalue weighted by atomic mass is 35.5. The maximum absolute atomic E-state index is 12.9. The van der Waals surface area contributed by atoms with Crippen LogP contribution in [-0.4, -0.2) is 17.4 Å². The van der Waals surface area contributed by atoms with Crippen LogP contribution in [0, 0.1) is 0 Å². The molecule has 0 aliphatic rings. The largest absolute Gasteiger partial charge is 0.361 e. The molecule has 4 rings (SSSR count). The van der Waals surface area contributed by atoms with Crippen LogP contribution in [0.2, 0.25) is 15.1 Å². The Morgan fingerprint density at radius 3 is 2.45 bits per heavy atom. The summed E-state index contributed by atoms with van der Waals surface area (Å²) in [7, 11) is 0. The number of aromatic nitrogens is 1. The number of carbonyl (C=O) groups is 1. The lowest BCUT2D eigenvalue weighted by Crippen LogP contribution is -2.27. The van der Waals surface area contributed by atoms with Gasteiger partial charge in [-0.05, 0) is 53.4 Å². The van der Waals surface area contributed by atoms with E-state index in [1.54, 1.807) is 12.1 Å². The van der Waals surface area contributed by atoms with E-state index in [0.717, 1.165) is 27.6 Å². The number of rotatable bonds is 7. The highest BCUT2D eigenvalue weighted by Gasteiger charge is 2.21. The van der Waals surface area contributed by atoms with Gasteiger partial charge in [0.25, 0.3) is 0 Å². The van der Waals surface area contributed by atoms with Crippen molar-refractivity contribution in [3.63, 3.8) is 0 Å². The zero-order valence-electron chi connectivity index (χ0n) is 16.7. The topological polar surface area (TPSA) is 44.9 Å². The zero-order valence-corrected chi connectivity index (χ0v) is 18.9. The maximum atomic E-state index is 12.9. The van der Waals surface area contributed by atoms with E-state index in [1.165, 1.54) is 0 Å². The number of hydrogen-bond acceptors (Lipinski definition) is 1. The fraction of sp³-hybridized carbons (Fsp3) is 0.160. The molecule has 2 N–H and O–H groups in total. The van der Waals surface area contributed by atoms with E-state index in [4.69, 9.17) is 34.8 Å². The van der Waals surface area contributed by atoms with Crippen molar-refractivity contribution in [1.82, 2.24) is 10.3 Å². The van der Waals surface area contributed by atoms with Crippen molar-refractivity contribution in [3.05, 3.63) is 105 Å². The number of benzene rings is 3. The summed E-state index contributed by atoms with van der Waals surface area (Å²) in [6, 6.07) is 21.2. The van der Waals surface area contributed by atoms with Gasteiger partial charge < -0.3 is 10.3 Å². The van der Waals surface area contributed by atoms with Gasteiger partial charge in [-0.15, -0.1) is 0 Å². The molecule has 0 unspecified atom stereocenters. The summed E-state index contributed by atoms with van der Waals surface area (Å²) in [5.74, 6) is -0.108. The normalized spacial score (nSPS) is 12.1. The van der Waals surface area contributed by atoms with E-state index in [0.29, 0.717) is 34.5 Å². The third kappa shape index (κ3) is 5.24. The number of H-pyrrole nitrogens is 1. The Morgan fingerprint density at radius 2 is 1.68 bits per heavy atom. The molecule has 0 fully saturated rings. The van der Waals surface area contributed by atoms with Crippen molar-refractivity contribution >= 4 is 51.6 Å². The molecule has 158 valence electrons. The Morgan fingerprint density at radius 1 is 0.935 bits per heavy atom. The van der Waals surface area contributed by atoms with Crippen LogP contribution < -0.4 is 5.32 Å². The van der Waals surface area contributed by atoms with Crippen LogP contribution in [0.5, 0.6) is 0 Å². The molecular formula is C25H21Cl3N2O. The number of amides is 1. The first-order chi connectivity index (χ1) is 15.0. The van der Waals surface area contributed by atoms with Crippen LogP contribution in [0.25, 0.3) is 10.9 Å². The van der Waals surface area contributed by atoms with Gasteiger partial charge in [-0.25, -0.2) is 0 Å². The van der Waals surface area contributed by atoms with Crippen LogP contribution in [0.1, 0.15) is 29.0 Å². The van der Waals surface area contributed by atoms with Crippen molar-refractivity contribution in [2.75, 3.05) is 6.54 Å². The smallest absolute Gasteiger partial charge is 0.220 e. The zero-order chi connectivity index (χ0) is 21.8. The standard InChI is InChI=1S/C25H21Cl3N2O/c26-18-8-5-16(6-9-18)21(22-15-30-24-4-2-1-3-20(22)24)14-25(31)29-12-11-17-7-10-19(27)13-23(17)28/h1-10,13,15,21,30H,11-12,14H2,(H,29,31)/t21-/m0/s1. The molecular weight excluding hydrogens is 451 g/mol. The quantitative estimate of drug-likeness (QED) is 0.299. The second-order valence-electron chi connectivity index (χ2n) is 7.43. The van der Waals surface area contributed by atoms with Crippen LogP contribution >= 0.6 is 34.8 Å². The number of nitrogens with one attached hydrogen (secondary N) is 2.